The Bertz CT molecular complexity index is 2530. The number of hydrogen-bond donors (Lipinski definition) is 1. The molecular weight excluding hydrogens is 778 g/mol. The van der Waals surface area contributed by atoms with Crippen LogP contribution < -0.4 is 10.1 Å². The van der Waals surface area contributed by atoms with Gasteiger partial charge in [0.15, 0.2) is 5.82 Å². The van der Waals surface area contributed by atoms with Crippen LogP contribution in [0.3, 0.4) is 0 Å². The minimum atomic E-state index is -0.502. The quantitative estimate of drug-likeness (QED) is 0.160. The number of amides is 2. The van der Waals surface area contributed by atoms with E-state index in [1.165, 1.54) is 0 Å². The number of morpholine rings is 1. The molecule has 6 fully saturated rings. The number of ether oxygens (including phenoxy) is 2. The molecule has 2 amide bonds. The monoisotopic (exact) mass is 820 g/mol. The number of aromatic nitrogens is 2. The van der Waals surface area contributed by atoms with Crippen LogP contribution in [0, 0.1) is 35.9 Å². The van der Waals surface area contributed by atoms with E-state index < -0.39 is 5.82 Å². The normalized spacial score (nSPS) is 24.0. The van der Waals surface area contributed by atoms with Crippen molar-refractivity contribution < 1.29 is 23.5 Å². The zero-order valence-corrected chi connectivity index (χ0v) is 33.7. The number of carbonyl (C=O) groups excluding carboxylic acids is 2. The lowest BCUT2D eigenvalue weighted by atomic mass is 9.79. The minimum absolute atomic E-state index is 0.00661. The van der Waals surface area contributed by atoms with Crippen molar-refractivity contribution in [2.75, 3.05) is 39.4 Å². The van der Waals surface area contributed by atoms with Gasteiger partial charge in [-0.1, -0.05) is 41.4 Å². The molecule has 58 heavy (non-hydrogen) atoms. The van der Waals surface area contributed by atoms with E-state index in [4.69, 9.17) is 37.7 Å². The molecule has 2 saturated carbocycles. The lowest BCUT2D eigenvalue weighted by Gasteiger charge is -2.39. The van der Waals surface area contributed by atoms with Crippen LogP contribution in [-0.2, 0) is 16.0 Å². The Hall–Kier alpha value is -4.73. The summed E-state index contributed by atoms with van der Waals surface area (Å²) in [5, 5.41) is 15.5. The molecule has 5 atom stereocenters. The van der Waals surface area contributed by atoms with Crippen molar-refractivity contribution in [3.63, 3.8) is 0 Å². The first kappa shape index (κ1) is 37.5. The highest BCUT2D eigenvalue weighted by Gasteiger charge is 2.51. The van der Waals surface area contributed by atoms with Gasteiger partial charge in [-0.15, -0.1) is 0 Å². The molecule has 298 valence electrons. The zero-order chi connectivity index (χ0) is 39.8. The van der Waals surface area contributed by atoms with Crippen LogP contribution in [0.2, 0.25) is 10.0 Å². The summed E-state index contributed by atoms with van der Waals surface area (Å²) in [6, 6.07) is 18.9. The smallest absolute Gasteiger partial charge is 0.254 e. The van der Waals surface area contributed by atoms with Crippen LogP contribution in [0.4, 0.5) is 4.39 Å². The van der Waals surface area contributed by atoms with Gasteiger partial charge in [-0.25, -0.2) is 9.37 Å². The van der Waals surface area contributed by atoms with Crippen molar-refractivity contribution in [2.45, 2.75) is 69.7 Å². The largest absolute Gasteiger partial charge is 0.488 e. The van der Waals surface area contributed by atoms with Gasteiger partial charge < -0.3 is 29.2 Å². The van der Waals surface area contributed by atoms with E-state index in [2.05, 4.69) is 22.0 Å². The SMILES string of the molecule is Cc1nc2c(F)c(-c3cccc(Cl)c3Cl)c(CCC#N)cc2c2c1cc([C@H]1C[C@H](Oc3cccc(C(=O)N4CCOCC4)c3)CN1C(=O)C1CC1)n2[C@H]1[C@H]2CN[C@@H]1C2. The van der Waals surface area contributed by atoms with E-state index in [-0.39, 0.29) is 58.9 Å². The second-order valence-corrected chi connectivity index (χ2v) is 17.3. The lowest BCUT2D eigenvalue weighted by Crippen LogP contribution is -2.41. The Morgan fingerprint density at radius 2 is 1.88 bits per heavy atom. The van der Waals surface area contributed by atoms with Gasteiger partial charge in [-0.05, 0) is 80.5 Å². The molecule has 2 aromatic heterocycles. The summed E-state index contributed by atoms with van der Waals surface area (Å²) in [5.74, 6) is 0.538. The van der Waals surface area contributed by atoms with Crippen molar-refractivity contribution in [1.82, 2.24) is 24.7 Å². The second-order valence-electron chi connectivity index (χ2n) is 16.5. The molecule has 4 aliphatic heterocycles. The number of pyridine rings is 1. The maximum atomic E-state index is 17.3. The highest BCUT2D eigenvalue weighted by atomic mass is 35.5. The number of nitriles is 1. The molecule has 0 radical (unpaired) electrons. The molecule has 6 aliphatic rings. The maximum absolute atomic E-state index is 17.3. The van der Waals surface area contributed by atoms with E-state index in [0.29, 0.717) is 95.7 Å². The van der Waals surface area contributed by atoms with Crippen LogP contribution in [0.1, 0.15) is 71.5 Å². The van der Waals surface area contributed by atoms with Crippen molar-refractivity contribution in [1.29, 1.82) is 5.26 Å². The number of benzene rings is 3. The molecule has 11 rings (SSSR count). The Morgan fingerprint density at radius 3 is 2.62 bits per heavy atom. The molecule has 3 aromatic carbocycles. The summed E-state index contributed by atoms with van der Waals surface area (Å²) in [7, 11) is 0. The predicted molar refractivity (Wildman–Crippen MR) is 220 cm³/mol. The number of nitrogens with one attached hydrogen (secondary N) is 1. The van der Waals surface area contributed by atoms with Gasteiger partial charge in [0.2, 0.25) is 5.91 Å². The number of fused-ring (bicyclic) bond motifs is 4. The highest BCUT2D eigenvalue weighted by Crippen LogP contribution is 2.51. The number of carbonyl (C=O) groups is 2. The number of halogens is 3. The average molecular weight is 822 g/mol. The van der Waals surface area contributed by atoms with Gasteiger partial charge in [-0.2, -0.15) is 5.26 Å². The van der Waals surface area contributed by atoms with Gasteiger partial charge in [0.25, 0.3) is 5.91 Å². The fourth-order valence-electron chi connectivity index (χ4n) is 9.91. The third-order valence-corrected chi connectivity index (χ3v) is 13.7. The van der Waals surface area contributed by atoms with E-state index >= 15 is 4.39 Å². The Labute approximate surface area is 345 Å². The van der Waals surface area contributed by atoms with E-state index in [0.717, 1.165) is 42.4 Å². The van der Waals surface area contributed by atoms with Crippen molar-refractivity contribution in [3.8, 4) is 22.9 Å². The van der Waals surface area contributed by atoms with E-state index in [1.807, 2.05) is 36.1 Å². The molecule has 0 unspecified atom stereocenters. The molecular formula is C45H43Cl2FN6O4. The van der Waals surface area contributed by atoms with Crippen molar-refractivity contribution in [2.24, 2.45) is 11.8 Å². The average Bonchev–Trinajstić information content (AvgIpc) is 3.50. The molecule has 6 heterocycles. The summed E-state index contributed by atoms with van der Waals surface area (Å²) in [6.45, 7) is 5.35. The minimum Gasteiger partial charge on any atom is -0.488 e. The second kappa shape index (κ2) is 14.8. The van der Waals surface area contributed by atoms with Crippen molar-refractivity contribution >= 4 is 56.8 Å². The summed E-state index contributed by atoms with van der Waals surface area (Å²) in [6.07, 6.45) is 3.52. The Morgan fingerprint density at radius 1 is 1.07 bits per heavy atom. The summed E-state index contributed by atoms with van der Waals surface area (Å²) < 4.78 is 31.8. The number of nitrogens with zero attached hydrogens (tertiary/aromatic N) is 5. The van der Waals surface area contributed by atoms with Gasteiger partial charge in [0.05, 0.1) is 53.5 Å². The third-order valence-electron chi connectivity index (χ3n) is 12.9. The standard InChI is InChI=1S/C45H43Cl2FN6O4/c1-24-32-21-37(36-20-30(23-53(36)45(56)25-10-11-25)58-29-7-2-5-27(17-29)44(55)52-13-15-57-16-14-52)54(42-28-19-35(42)50-22-28)43(32)33-18-26(6-4-12-49)38(40(48)41(33)51-24)31-8-3-9-34(46)39(31)47/h2-3,5,7-9,17-18,21,25,28,30,35-36,42,50H,4,6,10-11,13-16,19-20,22-23H2,1H3/t28-,30+,35-,36-,42+/m1/s1. The van der Waals surface area contributed by atoms with Crippen LogP contribution in [-0.4, -0.2) is 82.7 Å². The molecule has 0 spiro atoms. The fraction of sp³-hybridized carbons (Fsp3) is 0.422. The van der Waals surface area contributed by atoms with Gasteiger partial charge in [0, 0.05) is 83.3 Å². The van der Waals surface area contributed by atoms with Crippen molar-refractivity contribution in [3.05, 3.63) is 93.0 Å². The van der Waals surface area contributed by atoms with Crippen LogP contribution in [0.15, 0.2) is 54.6 Å². The van der Waals surface area contributed by atoms with E-state index in [1.54, 1.807) is 29.2 Å². The summed E-state index contributed by atoms with van der Waals surface area (Å²) in [4.78, 5) is 36.3. The number of rotatable bonds is 9. The number of aryl methyl sites for hydroxylation is 2. The number of likely N-dealkylation sites (tertiary alicyclic amines) is 1. The highest BCUT2D eigenvalue weighted by molar-refractivity contribution is 6.43. The third kappa shape index (κ3) is 6.31. The first-order valence-corrected chi connectivity index (χ1v) is 21.1. The summed E-state index contributed by atoms with van der Waals surface area (Å²) >= 11 is 13.2. The first-order valence-electron chi connectivity index (χ1n) is 20.4. The van der Waals surface area contributed by atoms with Crippen LogP contribution in [0.5, 0.6) is 5.75 Å². The maximum Gasteiger partial charge on any atom is 0.254 e. The topological polar surface area (TPSA) is 113 Å². The molecule has 2 aliphatic carbocycles. The van der Waals surface area contributed by atoms with Crippen LogP contribution in [0.25, 0.3) is 32.9 Å². The zero-order valence-electron chi connectivity index (χ0n) is 32.1. The molecule has 13 heteroatoms. The molecule has 1 N–H and O–H groups in total. The lowest BCUT2D eigenvalue weighted by molar-refractivity contribution is -0.133. The first-order chi connectivity index (χ1) is 28.2. The molecule has 4 saturated heterocycles. The van der Waals surface area contributed by atoms with E-state index in [9.17, 15) is 14.9 Å². The Balaban J connectivity index is 1.10. The summed E-state index contributed by atoms with van der Waals surface area (Å²) in [5.41, 5.74) is 4.77. The van der Waals surface area contributed by atoms with Crippen LogP contribution >= 0.6 is 23.2 Å². The predicted octanol–water partition coefficient (Wildman–Crippen LogP) is 8.20. The van der Waals surface area contributed by atoms with Gasteiger partial charge in [0.1, 0.15) is 17.4 Å². The Kier molecular flexibility index (Phi) is 9.59. The van der Waals surface area contributed by atoms with Gasteiger partial charge in [-0.3, -0.25) is 9.59 Å². The van der Waals surface area contributed by atoms with Gasteiger partial charge >= 0.3 is 0 Å². The molecule has 10 nitrogen and oxygen atoms in total. The number of hydrogen-bond acceptors (Lipinski definition) is 7. The fourth-order valence-corrected chi connectivity index (χ4v) is 10.3. The molecule has 5 aromatic rings. The molecule has 2 bridgehead atoms.